The maximum atomic E-state index is 13.0. The number of aryl methyl sites for hydroxylation is 2. The summed E-state index contributed by atoms with van der Waals surface area (Å²) in [5.41, 5.74) is 1.59. The molecule has 0 fully saturated rings. The quantitative estimate of drug-likeness (QED) is 0.752. The summed E-state index contributed by atoms with van der Waals surface area (Å²) >= 11 is 0. The van der Waals surface area contributed by atoms with Gasteiger partial charge in [0.1, 0.15) is 5.71 Å². The molecular weight excluding hydrogens is 269 g/mol. The van der Waals surface area contributed by atoms with Gasteiger partial charge in [-0.3, -0.25) is 0 Å². The Morgan fingerprint density at radius 3 is 2.15 bits per heavy atom. The lowest BCUT2D eigenvalue weighted by Gasteiger charge is -2.10. The second-order valence-electron chi connectivity index (χ2n) is 4.60. The fraction of sp³-hybridized carbons (Fsp3) is 0.429. The van der Waals surface area contributed by atoms with Crippen molar-refractivity contribution < 1.29 is 17.9 Å². The molecule has 0 amide bonds. The molecule has 0 atom stereocenters. The summed E-state index contributed by atoms with van der Waals surface area (Å²) in [5, 5.41) is 0. The van der Waals surface area contributed by atoms with Gasteiger partial charge in [-0.25, -0.2) is 9.98 Å². The molecule has 2 rings (SSSR count). The Hall–Kier alpha value is -1.85. The van der Waals surface area contributed by atoms with Gasteiger partial charge in [0, 0.05) is 0 Å². The fourth-order valence-electron chi connectivity index (χ4n) is 1.88. The zero-order valence-electron chi connectivity index (χ0n) is 11.5. The average Bonchev–Trinajstić information content (AvgIpc) is 2.49. The number of hydrogen-bond acceptors (Lipinski definition) is 3. The van der Waals surface area contributed by atoms with E-state index in [1.807, 2.05) is 13.8 Å². The molecule has 1 aromatic rings. The zero-order chi connectivity index (χ0) is 14.9. The van der Waals surface area contributed by atoms with Gasteiger partial charge in [0.2, 0.25) is 0 Å². The molecule has 0 radical (unpaired) electrons. The lowest BCUT2D eigenvalue weighted by molar-refractivity contribution is -0.0599. The molecule has 0 aliphatic carbocycles. The van der Waals surface area contributed by atoms with Crippen molar-refractivity contribution in [2.45, 2.75) is 33.4 Å². The van der Waals surface area contributed by atoms with E-state index in [-0.39, 0.29) is 18.2 Å². The first-order valence-electron chi connectivity index (χ1n) is 6.27. The zero-order valence-corrected chi connectivity index (χ0v) is 11.5. The van der Waals surface area contributed by atoms with Crippen LogP contribution in [0.3, 0.4) is 0 Å². The number of aliphatic imine (C=N–C) groups is 2. The lowest BCUT2D eigenvalue weighted by Crippen LogP contribution is -2.26. The molecule has 1 aliphatic rings. The van der Waals surface area contributed by atoms with Crippen LogP contribution >= 0.6 is 0 Å². The highest BCUT2D eigenvalue weighted by Gasteiger charge is 2.37. The molecule has 0 unspecified atom stereocenters. The van der Waals surface area contributed by atoms with Crippen molar-refractivity contribution in [1.29, 1.82) is 0 Å². The molecule has 1 aromatic carbocycles. The topological polar surface area (TPSA) is 34.0 Å². The number of ether oxygens (including phenoxy) is 1. The van der Waals surface area contributed by atoms with Crippen LogP contribution in [-0.2, 0) is 4.74 Å². The maximum absolute atomic E-state index is 13.0. The Kier molecular flexibility index (Phi) is 3.83. The van der Waals surface area contributed by atoms with E-state index in [1.54, 1.807) is 19.1 Å². The van der Waals surface area contributed by atoms with Gasteiger partial charge in [0.15, 0.2) is 5.90 Å². The van der Waals surface area contributed by atoms with E-state index in [0.29, 0.717) is 5.69 Å². The summed E-state index contributed by atoms with van der Waals surface area (Å²) in [5.74, 6) is 0.0468. The van der Waals surface area contributed by atoms with Gasteiger partial charge in [-0.05, 0) is 44.0 Å². The van der Waals surface area contributed by atoms with E-state index in [2.05, 4.69) is 9.98 Å². The summed E-state index contributed by atoms with van der Waals surface area (Å²) in [6.45, 7) is 5.69. The van der Waals surface area contributed by atoms with E-state index in [9.17, 15) is 13.2 Å². The number of benzene rings is 1. The van der Waals surface area contributed by atoms with Crippen LogP contribution in [-0.4, -0.2) is 24.4 Å². The van der Waals surface area contributed by atoms with Gasteiger partial charge in [-0.1, -0.05) is 0 Å². The summed E-state index contributed by atoms with van der Waals surface area (Å²) in [6.07, 6.45) is -4.93. The predicted octanol–water partition coefficient (Wildman–Crippen LogP) is 4.41. The van der Waals surface area contributed by atoms with E-state index >= 15 is 0 Å². The van der Waals surface area contributed by atoms with Gasteiger partial charge in [0.25, 0.3) is 0 Å². The average molecular weight is 284 g/mol. The normalized spacial score (nSPS) is 15.1. The summed E-state index contributed by atoms with van der Waals surface area (Å²) in [7, 11) is 0. The monoisotopic (exact) mass is 284 g/mol. The highest BCUT2D eigenvalue weighted by atomic mass is 19.4. The first kappa shape index (κ1) is 14.6. The molecule has 20 heavy (non-hydrogen) atoms. The van der Waals surface area contributed by atoms with Crippen LogP contribution in [0.1, 0.15) is 24.5 Å². The summed E-state index contributed by atoms with van der Waals surface area (Å²) < 4.78 is 44.1. The summed E-state index contributed by atoms with van der Waals surface area (Å²) in [4.78, 5) is 7.92. The molecule has 3 nitrogen and oxygen atoms in total. The number of halogens is 3. The molecule has 0 bridgehead atoms. The Labute approximate surface area is 115 Å². The van der Waals surface area contributed by atoms with Crippen LogP contribution in [0.5, 0.6) is 0 Å². The van der Waals surface area contributed by atoms with Gasteiger partial charge in [0.05, 0.1) is 24.4 Å². The van der Waals surface area contributed by atoms with Crippen LogP contribution in [0, 0.1) is 13.8 Å². The van der Waals surface area contributed by atoms with Crippen molar-refractivity contribution in [3.63, 3.8) is 0 Å². The summed E-state index contributed by atoms with van der Waals surface area (Å²) in [6, 6.07) is 3.35. The number of nitrogens with zero attached hydrogens (tertiary/aromatic N) is 2. The van der Waals surface area contributed by atoms with Crippen molar-refractivity contribution >= 4 is 23.0 Å². The van der Waals surface area contributed by atoms with Crippen molar-refractivity contribution in [2.75, 3.05) is 6.61 Å². The van der Waals surface area contributed by atoms with Crippen LogP contribution in [0.4, 0.5) is 24.5 Å². The number of fused-ring (bicyclic) bond motifs is 1. The van der Waals surface area contributed by atoms with Crippen molar-refractivity contribution in [3.8, 4) is 0 Å². The van der Waals surface area contributed by atoms with Crippen molar-refractivity contribution in [1.82, 2.24) is 0 Å². The molecule has 0 N–H and O–H groups in total. The molecule has 0 aromatic heterocycles. The highest BCUT2D eigenvalue weighted by molar-refractivity contribution is 6.07. The maximum Gasteiger partial charge on any atom is 0.430 e. The van der Waals surface area contributed by atoms with Crippen LogP contribution in [0.15, 0.2) is 22.1 Å². The van der Waals surface area contributed by atoms with Gasteiger partial charge in [-0.15, -0.1) is 0 Å². The minimum atomic E-state index is -4.49. The Balaban J connectivity index is 2.59. The smallest absolute Gasteiger partial charge is 0.430 e. The van der Waals surface area contributed by atoms with Gasteiger partial charge < -0.3 is 4.74 Å². The van der Waals surface area contributed by atoms with Crippen LogP contribution in [0.2, 0.25) is 0 Å². The second-order valence-corrected chi connectivity index (χ2v) is 4.60. The first-order valence-corrected chi connectivity index (χ1v) is 6.27. The molecule has 1 aliphatic heterocycles. The van der Waals surface area contributed by atoms with E-state index < -0.39 is 18.3 Å². The number of rotatable bonds is 1. The predicted molar refractivity (Wildman–Crippen MR) is 72.4 cm³/mol. The Morgan fingerprint density at radius 1 is 1.10 bits per heavy atom. The SMILES string of the molecule is CCOC1=Nc2cc(C)c(C)cc2N=C(C(F)(F)F)C1. The Morgan fingerprint density at radius 2 is 1.65 bits per heavy atom. The number of alkyl halides is 3. The largest absolute Gasteiger partial charge is 0.481 e. The third kappa shape index (κ3) is 3.00. The molecular formula is C14H15F3N2O. The fourth-order valence-corrected chi connectivity index (χ4v) is 1.88. The lowest BCUT2D eigenvalue weighted by atomic mass is 10.1. The van der Waals surface area contributed by atoms with E-state index in [4.69, 9.17) is 4.74 Å². The molecule has 0 saturated carbocycles. The van der Waals surface area contributed by atoms with Gasteiger partial charge in [-0.2, -0.15) is 13.2 Å². The van der Waals surface area contributed by atoms with Crippen LogP contribution in [0.25, 0.3) is 0 Å². The molecule has 1 heterocycles. The minimum absolute atomic E-state index is 0.0468. The molecule has 0 spiro atoms. The first-order chi connectivity index (χ1) is 9.31. The molecule has 0 saturated heterocycles. The second kappa shape index (κ2) is 5.26. The van der Waals surface area contributed by atoms with E-state index in [0.717, 1.165) is 11.1 Å². The van der Waals surface area contributed by atoms with Crippen molar-refractivity contribution in [2.24, 2.45) is 9.98 Å². The third-order valence-corrected chi connectivity index (χ3v) is 3.05. The molecule has 108 valence electrons. The van der Waals surface area contributed by atoms with Crippen molar-refractivity contribution in [3.05, 3.63) is 23.3 Å². The third-order valence-electron chi connectivity index (χ3n) is 3.05. The molecule has 6 heteroatoms. The van der Waals surface area contributed by atoms with Crippen LogP contribution < -0.4 is 0 Å². The van der Waals surface area contributed by atoms with E-state index in [1.165, 1.54) is 0 Å². The Bertz CT molecular complexity index is 589. The standard InChI is InChI=1S/C14H15F3N2O/c1-4-20-13-7-12(14(15,16)17)18-10-5-8(2)9(3)6-11(10)19-13/h5-6H,4,7H2,1-3H3. The van der Waals surface area contributed by atoms with Gasteiger partial charge >= 0.3 is 6.18 Å². The minimum Gasteiger partial charge on any atom is -0.481 e. The number of hydrogen-bond donors (Lipinski definition) is 0. The highest BCUT2D eigenvalue weighted by Crippen LogP contribution is 2.36.